The number of hydrogen-bond acceptors (Lipinski definition) is 5. The third-order valence-electron chi connectivity index (χ3n) is 9.11. The number of carboxylic acid groups (broad SMARTS) is 1. The molecule has 3 fully saturated rings. The molecule has 4 aliphatic carbocycles. The van der Waals surface area contributed by atoms with Crippen molar-refractivity contribution in [3.8, 4) is 0 Å². The summed E-state index contributed by atoms with van der Waals surface area (Å²) in [6, 6.07) is 0. The second-order valence-corrected chi connectivity index (χ2v) is 10.1. The van der Waals surface area contributed by atoms with Crippen LogP contribution >= 0.6 is 0 Å². The topological polar surface area (TPSA) is 97.7 Å². The van der Waals surface area contributed by atoms with Gasteiger partial charge in [-0.2, -0.15) is 0 Å². The minimum absolute atomic E-state index is 0. The molecule has 0 aliphatic heterocycles. The Labute approximate surface area is 213 Å². The molecule has 0 spiro atoms. The fourth-order valence-electron chi connectivity index (χ4n) is 7.38. The first-order chi connectivity index (χ1) is 13.0. The van der Waals surface area contributed by atoms with E-state index in [4.69, 9.17) is 0 Å². The Balaban J connectivity index is 0.00000240. The summed E-state index contributed by atoms with van der Waals surface area (Å²) in [5, 5.41) is 33.4. The van der Waals surface area contributed by atoms with Crippen LogP contribution in [-0.2, 0) is 9.59 Å². The van der Waals surface area contributed by atoms with Crippen molar-refractivity contribution in [1.29, 1.82) is 0 Å². The number of aliphatic hydroxyl groups excluding tert-OH is 1. The van der Waals surface area contributed by atoms with Gasteiger partial charge in [0.05, 0.1) is 11.7 Å². The van der Waals surface area contributed by atoms with Crippen molar-refractivity contribution in [1.82, 2.24) is 0 Å². The first-order valence-electron chi connectivity index (χ1n) is 10.5. The van der Waals surface area contributed by atoms with Gasteiger partial charge >= 0.3 is 51.4 Å². The number of alkyl halides is 1. The first-order valence-corrected chi connectivity index (χ1v) is 10.5. The average Bonchev–Trinajstić information content (AvgIpc) is 2.87. The van der Waals surface area contributed by atoms with Crippen molar-refractivity contribution < 1.29 is 80.7 Å². The van der Waals surface area contributed by atoms with Crippen LogP contribution in [0.2, 0.25) is 0 Å². The summed E-state index contributed by atoms with van der Waals surface area (Å²) in [4.78, 5) is 22.9. The maximum atomic E-state index is 16.8. The number of halogens is 1. The zero-order valence-electron chi connectivity index (χ0n) is 17.7. The maximum Gasteiger partial charge on any atom is 1.00 e. The van der Waals surface area contributed by atoms with E-state index >= 15 is 4.39 Å². The Morgan fingerprint density at radius 3 is 2.59 bits per heavy atom. The average molecular weight is 433 g/mol. The second-order valence-electron chi connectivity index (χ2n) is 10.1. The normalized spacial score (nSPS) is 48.7. The van der Waals surface area contributed by atoms with Crippen LogP contribution in [-0.4, -0.2) is 39.3 Å². The van der Waals surface area contributed by atoms with Crippen LogP contribution in [0.4, 0.5) is 4.39 Å². The molecule has 0 aromatic heterocycles. The largest absolute Gasteiger partial charge is 1.00 e. The van der Waals surface area contributed by atoms with Crippen LogP contribution < -0.4 is 56.5 Å². The molecule has 2 unspecified atom stereocenters. The van der Waals surface area contributed by atoms with Gasteiger partial charge in [-0.3, -0.25) is 4.79 Å². The zero-order valence-corrected chi connectivity index (χ0v) is 20.8. The number of allylic oxidation sites excluding steroid dienone is 1. The Bertz CT molecular complexity index is 755. The van der Waals surface area contributed by atoms with Gasteiger partial charge in [0.1, 0.15) is 5.67 Å². The first kappa shape index (κ1) is 24.0. The molecule has 29 heavy (non-hydrogen) atoms. The van der Waals surface area contributed by atoms with Crippen LogP contribution in [0.25, 0.3) is 0 Å². The van der Waals surface area contributed by atoms with E-state index in [-0.39, 0.29) is 82.3 Å². The minimum Gasteiger partial charge on any atom is -0.550 e. The van der Waals surface area contributed by atoms with E-state index in [1.807, 2.05) is 13.8 Å². The van der Waals surface area contributed by atoms with Crippen molar-refractivity contribution >= 4 is 11.8 Å². The standard InChI is InChI=1S/C22H31FO5.K/c1-19-8-5-14(24)11-13(19)3-4-16-15-6-9-21(28,10-7-18(26)27)20(15,2)12-17(25)22(16,19)23;/h11,15-17,25,28H,3-10,12H2,1-2H3,(H,26,27);/q;+1/p-1/t15?,16?,17-,19-,20-,21+,22-;/m0./s1. The number of carboxylic acids is 1. The summed E-state index contributed by atoms with van der Waals surface area (Å²) < 4.78 is 16.8. The third kappa shape index (κ3) is 3.21. The molecule has 0 amide bonds. The van der Waals surface area contributed by atoms with Gasteiger partial charge in [0.15, 0.2) is 5.78 Å². The predicted octanol–water partition coefficient (Wildman–Crippen LogP) is -1.15. The monoisotopic (exact) mass is 432 g/mol. The summed E-state index contributed by atoms with van der Waals surface area (Å²) in [6.45, 7) is 3.74. The summed E-state index contributed by atoms with van der Waals surface area (Å²) in [5.74, 6) is -1.71. The summed E-state index contributed by atoms with van der Waals surface area (Å²) in [6.07, 6.45) is 3.17. The van der Waals surface area contributed by atoms with Gasteiger partial charge < -0.3 is 20.1 Å². The van der Waals surface area contributed by atoms with E-state index < -0.39 is 40.1 Å². The number of carbonyl (C=O) groups is 2. The molecule has 5 nitrogen and oxygen atoms in total. The van der Waals surface area contributed by atoms with Gasteiger partial charge in [-0.05, 0) is 63.4 Å². The number of rotatable bonds is 3. The maximum absolute atomic E-state index is 16.8. The molecule has 2 N–H and O–H groups in total. The molecule has 4 aliphatic rings. The molecule has 0 radical (unpaired) electrons. The number of hydrogen-bond donors (Lipinski definition) is 2. The molecular weight excluding hydrogens is 402 g/mol. The van der Waals surface area contributed by atoms with Crippen LogP contribution in [0.5, 0.6) is 0 Å². The molecule has 0 saturated heterocycles. The van der Waals surface area contributed by atoms with Gasteiger partial charge in [-0.1, -0.05) is 19.4 Å². The third-order valence-corrected chi connectivity index (χ3v) is 9.11. The molecule has 0 bridgehead atoms. The van der Waals surface area contributed by atoms with Crippen LogP contribution in [0.15, 0.2) is 11.6 Å². The number of aliphatic hydroxyl groups is 2. The number of fused-ring (bicyclic) bond motifs is 5. The quantitative estimate of drug-likeness (QED) is 0.549. The van der Waals surface area contributed by atoms with E-state index in [9.17, 15) is 24.9 Å². The number of aliphatic carboxylic acids is 1. The van der Waals surface area contributed by atoms with Crippen molar-refractivity contribution in [3.05, 3.63) is 11.6 Å². The number of carbonyl (C=O) groups excluding carboxylic acids is 2. The molecule has 7 heteroatoms. The summed E-state index contributed by atoms with van der Waals surface area (Å²) in [5.41, 5.74) is -3.85. The smallest absolute Gasteiger partial charge is 0.550 e. The van der Waals surface area contributed by atoms with Gasteiger partial charge in [0.25, 0.3) is 0 Å². The number of ketones is 1. The van der Waals surface area contributed by atoms with E-state index in [1.165, 1.54) is 0 Å². The van der Waals surface area contributed by atoms with E-state index in [2.05, 4.69) is 0 Å². The fourth-order valence-corrected chi connectivity index (χ4v) is 7.38. The summed E-state index contributed by atoms with van der Waals surface area (Å²) >= 11 is 0. The van der Waals surface area contributed by atoms with Crippen LogP contribution in [0.3, 0.4) is 0 Å². The Morgan fingerprint density at radius 2 is 1.93 bits per heavy atom. The molecular formula is C22H30FKO5. The molecule has 3 saturated carbocycles. The van der Waals surface area contributed by atoms with Crippen molar-refractivity contribution in [3.63, 3.8) is 0 Å². The zero-order chi connectivity index (χ0) is 20.5. The minimum atomic E-state index is -1.83. The Kier molecular flexibility index (Phi) is 6.42. The predicted molar refractivity (Wildman–Crippen MR) is 97.6 cm³/mol. The fraction of sp³-hybridized carbons (Fsp3) is 0.818. The Hall–Kier alpha value is 0.366. The molecule has 0 heterocycles. The SMILES string of the molecule is C[C@]12CCC(=O)C=C1CCC1C3CC[C@@](O)(CCC(=O)[O-])[C@@]3(C)C[C@H](O)[C@@]12F.[K+]. The van der Waals surface area contributed by atoms with E-state index in [0.29, 0.717) is 38.5 Å². The van der Waals surface area contributed by atoms with Crippen LogP contribution in [0.1, 0.15) is 71.6 Å². The van der Waals surface area contributed by atoms with Crippen molar-refractivity contribution in [2.75, 3.05) is 0 Å². The summed E-state index contributed by atoms with van der Waals surface area (Å²) in [7, 11) is 0. The van der Waals surface area contributed by atoms with Crippen molar-refractivity contribution in [2.45, 2.75) is 89.0 Å². The van der Waals surface area contributed by atoms with Gasteiger partial charge in [-0.15, -0.1) is 0 Å². The molecule has 0 aromatic carbocycles. The molecule has 156 valence electrons. The van der Waals surface area contributed by atoms with Crippen LogP contribution in [0, 0.1) is 22.7 Å². The second kappa shape index (κ2) is 7.75. The van der Waals surface area contributed by atoms with Gasteiger partial charge in [-0.25, -0.2) is 4.39 Å². The molecule has 0 aromatic rings. The molecule has 7 atom stereocenters. The molecule has 4 rings (SSSR count). The van der Waals surface area contributed by atoms with E-state index in [0.717, 1.165) is 5.57 Å². The van der Waals surface area contributed by atoms with Gasteiger partial charge in [0.2, 0.25) is 0 Å². The van der Waals surface area contributed by atoms with Crippen molar-refractivity contribution in [2.24, 2.45) is 22.7 Å². The van der Waals surface area contributed by atoms with Gasteiger partial charge in [0, 0.05) is 29.1 Å². The Morgan fingerprint density at radius 1 is 1.24 bits per heavy atom. The van der Waals surface area contributed by atoms with E-state index in [1.54, 1.807) is 6.08 Å².